The fraction of sp³-hybridized carbons (Fsp3) is 0.355. The van der Waals surface area contributed by atoms with Crippen LogP contribution < -0.4 is 9.64 Å². The van der Waals surface area contributed by atoms with E-state index in [1.54, 1.807) is 30.3 Å². The van der Waals surface area contributed by atoms with Gasteiger partial charge in [-0.25, -0.2) is 8.78 Å². The van der Waals surface area contributed by atoms with E-state index in [9.17, 15) is 9.18 Å². The number of ether oxygens (including phenoxy) is 1. The molecule has 42 heavy (non-hydrogen) atoms. The summed E-state index contributed by atoms with van der Waals surface area (Å²) in [5.41, 5.74) is 0.366. The number of likely N-dealkylation sites (tertiary alicyclic amines) is 2. The average Bonchev–Trinajstić information content (AvgIpc) is 3.66. The van der Waals surface area contributed by atoms with Gasteiger partial charge in [-0.1, -0.05) is 41.9 Å². The number of hydrogen-bond donors (Lipinski definition) is 0. The van der Waals surface area contributed by atoms with Crippen LogP contribution in [0.4, 0.5) is 14.6 Å². The summed E-state index contributed by atoms with van der Waals surface area (Å²) in [4.78, 5) is 32.3. The number of rotatable bonds is 6. The van der Waals surface area contributed by atoms with Crippen LogP contribution in [-0.2, 0) is 4.79 Å². The number of carbonyl (C=O) groups excluding carboxylic acids is 1. The molecule has 11 heteroatoms. The summed E-state index contributed by atoms with van der Waals surface area (Å²) < 4.78 is 36.0. The van der Waals surface area contributed by atoms with Gasteiger partial charge in [0.05, 0.1) is 17.5 Å². The molecule has 4 heterocycles. The number of pyridine rings is 1. The van der Waals surface area contributed by atoms with Crippen LogP contribution >= 0.6 is 11.6 Å². The Morgan fingerprint density at radius 1 is 1.17 bits per heavy atom. The first-order valence-corrected chi connectivity index (χ1v) is 14.3. The highest BCUT2D eigenvalue weighted by molar-refractivity contribution is 6.36. The van der Waals surface area contributed by atoms with E-state index in [1.165, 1.54) is 19.4 Å². The SMILES string of the molecule is COc1nc(N(C)C2CCN(C(=O)/C=C/C3CCCN3C)C2)c2cnc(-c3cccc4ccc(F)c(Cl)c34)c(F)c2n1. The fourth-order valence-corrected chi connectivity index (χ4v) is 6.26. The average molecular weight is 593 g/mol. The number of halogens is 3. The molecule has 2 atom stereocenters. The van der Waals surface area contributed by atoms with E-state index in [-0.39, 0.29) is 34.2 Å². The van der Waals surface area contributed by atoms with Crippen molar-refractivity contribution in [2.24, 2.45) is 0 Å². The number of nitrogens with zero attached hydrogens (tertiary/aromatic N) is 6. The summed E-state index contributed by atoms with van der Waals surface area (Å²) in [6.07, 6.45) is 8.12. The summed E-state index contributed by atoms with van der Waals surface area (Å²) in [6, 6.07) is 8.28. The van der Waals surface area contributed by atoms with E-state index in [4.69, 9.17) is 16.3 Å². The van der Waals surface area contributed by atoms with Gasteiger partial charge in [-0.15, -0.1) is 0 Å². The number of amides is 1. The van der Waals surface area contributed by atoms with Crippen molar-refractivity contribution in [2.45, 2.75) is 31.3 Å². The second-order valence-corrected chi connectivity index (χ2v) is 11.2. The molecule has 2 saturated heterocycles. The molecule has 2 aromatic carbocycles. The maximum atomic E-state index is 16.2. The lowest BCUT2D eigenvalue weighted by Gasteiger charge is -2.27. The number of anilines is 1. The number of fused-ring (bicyclic) bond motifs is 2. The predicted octanol–water partition coefficient (Wildman–Crippen LogP) is 5.47. The molecule has 2 aliphatic rings. The topological polar surface area (TPSA) is 74.7 Å². The first-order valence-electron chi connectivity index (χ1n) is 13.9. The van der Waals surface area contributed by atoms with Crippen LogP contribution in [0.3, 0.4) is 0 Å². The number of benzene rings is 2. The van der Waals surface area contributed by atoms with Gasteiger partial charge in [0.25, 0.3) is 0 Å². The largest absolute Gasteiger partial charge is 0.467 e. The normalized spacial score (nSPS) is 19.4. The van der Waals surface area contributed by atoms with Gasteiger partial charge in [0.2, 0.25) is 5.91 Å². The lowest BCUT2D eigenvalue weighted by Crippen LogP contribution is -2.37. The Balaban J connectivity index is 1.32. The van der Waals surface area contributed by atoms with Crippen LogP contribution in [0.1, 0.15) is 19.3 Å². The maximum absolute atomic E-state index is 16.2. The van der Waals surface area contributed by atoms with Crippen molar-refractivity contribution in [2.75, 3.05) is 45.7 Å². The van der Waals surface area contributed by atoms with Crippen LogP contribution in [0.25, 0.3) is 32.9 Å². The Morgan fingerprint density at radius 3 is 2.76 bits per heavy atom. The summed E-state index contributed by atoms with van der Waals surface area (Å²) in [5, 5.41) is 1.32. The third-order valence-corrected chi connectivity index (χ3v) is 8.78. The molecule has 0 aliphatic carbocycles. The molecule has 6 rings (SSSR count). The van der Waals surface area contributed by atoms with Crippen LogP contribution in [0.2, 0.25) is 5.02 Å². The number of methoxy groups -OCH3 is 1. The van der Waals surface area contributed by atoms with Gasteiger partial charge < -0.3 is 14.5 Å². The van der Waals surface area contributed by atoms with Crippen molar-refractivity contribution in [1.82, 2.24) is 24.8 Å². The van der Waals surface area contributed by atoms with Crippen molar-refractivity contribution in [3.8, 4) is 17.3 Å². The summed E-state index contributed by atoms with van der Waals surface area (Å²) in [7, 11) is 5.36. The highest BCUT2D eigenvalue weighted by Crippen LogP contribution is 2.38. The molecule has 0 spiro atoms. The summed E-state index contributed by atoms with van der Waals surface area (Å²) in [5.74, 6) is -0.866. The van der Waals surface area contributed by atoms with Crippen LogP contribution in [-0.4, -0.2) is 83.6 Å². The third kappa shape index (κ3) is 5.03. The fourth-order valence-electron chi connectivity index (χ4n) is 5.99. The zero-order valence-electron chi connectivity index (χ0n) is 23.6. The molecule has 2 aromatic heterocycles. The smallest absolute Gasteiger partial charge is 0.318 e. The van der Waals surface area contributed by atoms with Gasteiger partial charge in [-0.2, -0.15) is 9.97 Å². The molecule has 4 aromatic rings. The highest BCUT2D eigenvalue weighted by Gasteiger charge is 2.31. The van der Waals surface area contributed by atoms with Crippen molar-refractivity contribution in [3.05, 3.63) is 65.3 Å². The lowest BCUT2D eigenvalue weighted by atomic mass is 10.0. The van der Waals surface area contributed by atoms with Gasteiger partial charge in [-0.05, 0) is 44.3 Å². The van der Waals surface area contributed by atoms with Gasteiger partial charge >= 0.3 is 6.01 Å². The Hall–Kier alpha value is -3.89. The lowest BCUT2D eigenvalue weighted by molar-refractivity contribution is -0.125. The molecule has 0 N–H and O–H groups in total. The van der Waals surface area contributed by atoms with Crippen molar-refractivity contribution >= 4 is 45.0 Å². The van der Waals surface area contributed by atoms with E-state index < -0.39 is 11.6 Å². The second-order valence-electron chi connectivity index (χ2n) is 10.9. The van der Waals surface area contributed by atoms with Gasteiger partial charge in [-0.3, -0.25) is 14.7 Å². The van der Waals surface area contributed by atoms with Gasteiger partial charge in [0.15, 0.2) is 5.82 Å². The van der Waals surface area contributed by atoms with Crippen LogP contribution in [0.5, 0.6) is 6.01 Å². The summed E-state index contributed by atoms with van der Waals surface area (Å²) in [6.45, 7) is 2.15. The minimum atomic E-state index is -0.694. The zero-order chi connectivity index (χ0) is 29.5. The van der Waals surface area contributed by atoms with Crippen LogP contribution in [0, 0.1) is 11.6 Å². The molecular formula is C31H31ClF2N6O2. The second kappa shape index (κ2) is 11.4. The molecule has 2 fully saturated rings. The van der Waals surface area contributed by atoms with E-state index in [1.807, 2.05) is 22.9 Å². The molecule has 8 nitrogen and oxygen atoms in total. The van der Waals surface area contributed by atoms with E-state index in [0.717, 1.165) is 25.8 Å². The molecule has 0 saturated carbocycles. The van der Waals surface area contributed by atoms with Crippen molar-refractivity contribution in [3.63, 3.8) is 0 Å². The number of likely N-dealkylation sites (N-methyl/N-ethyl adjacent to an activating group) is 2. The third-order valence-electron chi connectivity index (χ3n) is 8.41. The first kappa shape index (κ1) is 28.2. The standard InChI is InChI=1S/C31H31ClF2N6O2/c1-38-14-5-7-19(38)10-12-24(41)40-15-13-20(17-40)39(2)30-22-16-35-28(27(34)29(22)36-31(37-30)42-3)21-8-4-6-18-9-11-23(33)26(32)25(18)21/h4,6,8-12,16,19-20H,5,7,13-15,17H2,1-3H3/b12-10+. The Bertz CT molecular complexity index is 1720. The number of carbonyl (C=O) groups is 1. The Labute approximate surface area is 247 Å². The molecule has 1 amide bonds. The Kier molecular flexibility index (Phi) is 7.67. The molecule has 0 radical (unpaired) electrons. The minimum Gasteiger partial charge on any atom is -0.467 e. The molecule has 2 unspecified atom stereocenters. The van der Waals surface area contributed by atoms with Crippen LogP contribution in [0.15, 0.2) is 48.7 Å². The summed E-state index contributed by atoms with van der Waals surface area (Å²) >= 11 is 6.32. The van der Waals surface area contributed by atoms with Gasteiger partial charge in [0, 0.05) is 55.4 Å². The molecule has 0 bridgehead atoms. The Morgan fingerprint density at radius 2 is 2.00 bits per heavy atom. The van der Waals surface area contributed by atoms with Crippen molar-refractivity contribution in [1.29, 1.82) is 0 Å². The van der Waals surface area contributed by atoms with E-state index in [2.05, 4.69) is 26.9 Å². The zero-order valence-corrected chi connectivity index (χ0v) is 24.4. The van der Waals surface area contributed by atoms with Gasteiger partial charge in [0.1, 0.15) is 22.8 Å². The first-order chi connectivity index (χ1) is 20.3. The monoisotopic (exact) mass is 592 g/mol. The van der Waals surface area contributed by atoms with Crippen molar-refractivity contribution < 1.29 is 18.3 Å². The minimum absolute atomic E-state index is 0.00283. The molecule has 218 valence electrons. The maximum Gasteiger partial charge on any atom is 0.318 e. The number of aromatic nitrogens is 3. The van der Waals surface area contributed by atoms with E-state index >= 15 is 4.39 Å². The van der Waals surface area contributed by atoms with E-state index in [0.29, 0.717) is 46.7 Å². The predicted molar refractivity (Wildman–Crippen MR) is 160 cm³/mol. The highest BCUT2D eigenvalue weighted by atomic mass is 35.5. The molecule has 2 aliphatic heterocycles. The number of hydrogen-bond acceptors (Lipinski definition) is 7. The molecular weight excluding hydrogens is 562 g/mol. The quantitative estimate of drug-likeness (QED) is 0.275.